The molecule has 0 bridgehead atoms. The molecule has 8 heteroatoms. The van der Waals surface area contributed by atoms with E-state index in [2.05, 4.69) is 15.2 Å². The lowest BCUT2D eigenvalue weighted by molar-refractivity contribution is -0.131. The van der Waals surface area contributed by atoms with Gasteiger partial charge in [0.15, 0.2) is 5.16 Å². The summed E-state index contributed by atoms with van der Waals surface area (Å²) in [4.78, 5) is 32.3. The number of hydrogen-bond acceptors (Lipinski definition) is 5. The predicted octanol–water partition coefficient (Wildman–Crippen LogP) is 2.21. The second-order valence-electron chi connectivity index (χ2n) is 6.43. The van der Waals surface area contributed by atoms with Gasteiger partial charge in [-0.25, -0.2) is 4.98 Å². The summed E-state index contributed by atoms with van der Waals surface area (Å²) < 4.78 is 1.89. The molecule has 1 fully saturated rings. The molecule has 0 unspecified atom stereocenters. The highest BCUT2D eigenvalue weighted by atomic mass is 32.2. The molecule has 0 saturated carbocycles. The summed E-state index contributed by atoms with van der Waals surface area (Å²) in [6.07, 6.45) is 4.14. The van der Waals surface area contributed by atoms with Crippen LogP contribution in [0.3, 0.4) is 0 Å². The van der Waals surface area contributed by atoms with Crippen LogP contribution in [0.25, 0.3) is 0 Å². The minimum Gasteiger partial charge on any atom is -0.368 e. The Balaban J connectivity index is 1.48. The average Bonchev–Trinajstić information content (AvgIpc) is 3.11. The van der Waals surface area contributed by atoms with Crippen LogP contribution in [0.15, 0.2) is 41.8 Å². The number of anilines is 2. The van der Waals surface area contributed by atoms with Crippen LogP contribution in [-0.4, -0.2) is 58.2 Å². The van der Waals surface area contributed by atoms with Gasteiger partial charge in [0.05, 0.1) is 5.75 Å². The highest BCUT2D eigenvalue weighted by Crippen LogP contribution is 2.20. The molecule has 27 heavy (non-hydrogen) atoms. The van der Waals surface area contributed by atoms with Crippen molar-refractivity contribution in [3.8, 4) is 0 Å². The van der Waals surface area contributed by atoms with Crippen LogP contribution in [0.4, 0.5) is 11.4 Å². The van der Waals surface area contributed by atoms with E-state index in [1.807, 2.05) is 53.9 Å². The molecule has 0 atom stereocenters. The van der Waals surface area contributed by atoms with Crippen LogP contribution in [0.5, 0.6) is 0 Å². The molecule has 1 N–H and O–H groups in total. The summed E-state index contributed by atoms with van der Waals surface area (Å²) in [6.45, 7) is 5.08. The normalized spacial score (nSPS) is 14.3. The quantitative estimate of drug-likeness (QED) is 0.770. The number of carbonyl (C=O) groups excluding carboxylic acids is 2. The Morgan fingerprint density at radius 1 is 1.15 bits per heavy atom. The Morgan fingerprint density at radius 2 is 1.85 bits per heavy atom. The van der Waals surface area contributed by atoms with Gasteiger partial charge >= 0.3 is 0 Å². The van der Waals surface area contributed by atoms with Crippen LogP contribution in [-0.2, 0) is 16.6 Å². The molecule has 3 rings (SSSR count). The SMILES string of the molecule is CCC(=O)N1CCN(c2ccc(NC(=O)CSc3nccn3C)cc2)CC1. The molecule has 2 heterocycles. The van der Waals surface area contributed by atoms with Crippen molar-refractivity contribution in [1.82, 2.24) is 14.5 Å². The molecular weight excluding hydrogens is 362 g/mol. The van der Waals surface area contributed by atoms with Crippen molar-refractivity contribution in [3.05, 3.63) is 36.7 Å². The third-order valence-corrected chi connectivity index (χ3v) is 5.62. The number of benzene rings is 1. The van der Waals surface area contributed by atoms with Crippen molar-refractivity contribution in [3.63, 3.8) is 0 Å². The van der Waals surface area contributed by atoms with Gasteiger partial charge < -0.3 is 19.7 Å². The van der Waals surface area contributed by atoms with Gasteiger partial charge in [0.1, 0.15) is 0 Å². The largest absolute Gasteiger partial charge is 0.368 e. The Labute approximate surface area is 163 Å². The van der Waals surface area contributed by atoms with E-state index in [0.717, 1.165) is 42.7 Å². The molecule has 0 radical (unpaired) electrons. The predicted molar refractivity (Wildman–Crippen MR) is 108 cm³/mol. The van der Waals surface area contributed by atoms with E-state index in [1.54, 1.807) is 6.20 Å². The smallest absolute Gasteiger partial charge is 0.234 e. The second kappa shape index (κ2) is 8.94. The van der Waals surface area contributed by atoms with E-state index in [-0.39, 0.29) is 11.8 Å². The number of hydrogen-bond donors (Lipinski definition) is 1. The second-order valence-corrected chi connectivity index (χ2v) is 7.37. The first kappa shape index (κ1) is 19.3. The number of piperazine rings is 1. The monoisotopic (exact) mass is 387 g/mol. The first-order valence-electron chi connectivity index (χ1n) is 9.09. The van der Waals surface area contributed by atoms with Crippen LogP contribution in [0, 0.1) is 0 Å². The van der Waals surface area contributed by atoms with Crippen molar-refractivity contribution in [2.24, 2.45) is 7.05 Å². The fourth-order valence-corrected chi connectivity index (χ4v) is 3.74. The topological polar surface area (TPSA) is 70.5 Å². The number of aromatic nitrogens is 2. The van der Waals surface area contributed by atoms with Gasteiger partial charge in [-0.3, -0.25) is 9.59 Å². The van der Waals surface area contributed by atoms with E-state index in [9.17, 15) is 9.59 Å². The standard InChI is InChI=1S/C19H25N5O2S/c1-3-18(26)24-12-10-23(11-13-24)16-6-4-15(5-7-16)21-17(25)14-27-19-20-8-9-22(19)2/h4-9H,3,10-14H2,1-2H3,(H,21,25). The molecule has 0 aliphatic carbocycles. The maximum atomic E-state index is 12.1. The maximum absolute atomic E-state index is 12.1. The van der Waals surface area contributed by atoms with Gasteiger partial charge in [-0.1, -0.05) is 18.7 Å². The molecule has 1 saturated heterocycles. The van der Waals surface area contributed by atoms with E-state index < -0.39 is 0 Å². The molecule has 144 valence electrons. The molecule has 1 aromatic carbocycles. The summed E-state index contributed by atoms with van der Waals surface area (Å²) >= 11 is 1.41. The number of thioether (sulfide) groups is 1. The molecule has 0 spiro atoms. The molecule has 1 aliphatic rings. The molecule has 1 aromatic heterocycles. The summed E-state index contributed by atoms with van der Waals surface area (Å²) in [5.41, 5.74) is 1.89. The first-order chi connectivity index (χ1) is 13.1. The van der Waals surface area contributed by atoms with E-state index in [4.69, 9.17) is 0 Å². The zero-order valence-electron chi connectivity index (χ0n) is 15.7. The maximum Gasteiger partial charge on any atom is 0.234 e. The lowest BCUT2D eigenvalue weighted by atomic mass is 10.2. The van der Waals surface area contributed by atoms with Crippen LogP contribution in [0.2, 0.25) is 0 Å². The summed E-state index contributed by atoms with van der Waals surface area (Å²) in [7, 11) is 1.91. The Kier molecular flexibility index (Phi) is 6.39. The van der Waals surface area contributed by atoms with Crippen molar-refractivity contribution >= 4 is 35.0 Å². The fraction of sp³-hybridized carbons (Fsp3) is 0.421. The number of aryl methyl sites for hydroxylation is 1. The molecule has 2 aromatic rings. The van der Waals surface area contributed by atoms with Crippen molar-refractivity contribution in [2.45, 2.75) is 18.5 Å². The number of nitrogens with zero attached hydrogens (tertiary/aromatic N) is 4. The average molecular weight is 388 g/mol. The molecular formula is C19H25N5O2S. The number of rotatable bonds is 6. The van der Waals surface area contributed by atoms with Crippen LogP contribution < -0.4 is 10.2 Å². The lowest BCUT2D eigenvalue weighted by Gasteiger charge is -2.36. The first-order valence-corrected chi connectivity index (χ1v) is 10.1. The summed E-state index contributed by atoms with van der Waals surface area (Å²) in [5.74, 6) is 0.485. The van der Waals surface area contributed by atoms with Gasteiger partial charge in [-0.05, 0) is 24.3 Å². The highest BCUT2D eigenvalue weighted by Gasteiger charge is 2.20. The zero-order valence-corrected chi connectivity index (χ0v) is 16.5. The Morgan fingerprint density at radius 3 is 2.44 bits per heavy atom. The van der Waals surface area contributed by atoms with Crippen LogP contribution in [0.1, 0.15) is 13.3 Å². The molecule has 2 amide bonds. The lowest BCUT2D eigenvalue weighted by Crippen LogP contribution is -2.48. The molecule has 1 aliphatic heterocycles. The van der Waals surface area contributed by atoms with Gasteiger partial charge in [-0.15, -0.1) is 0 Å². The third kappa shape index (κ3) is 5.03. The van der Waals surface area contributed by atoms with Crippen molar-refractivity contribution in [2.75, 3.05) is 42.1 Å². The van der Waals surface area contributed by atoms with Gasteiger partial charge in [0, 0.05) is 63.4 Å². The van der Waals surface area contributed by atoms with Gasteiger partial charge in [-0.2, -0.15) is 0 Å². The summed E-state index contributed by atoms with van der Waals surface area (Å²) in [6, 6.07) is 7.86. The summed E-state index contributed by atoms with van der Waals surface area (Å²) in [5, 5.41) is 3.74. The Hall–Kier alpha value is -2.48. The van der Waals surface area contributed by atoms with E-state index >= 15 is 0 Å². The van der Waals surface area contributed by atoms with Crippen LogP contribution >= 0.6 is 11.8 Å². The third-order valence-electron chi connectivity index (χ3n) is 4.56. The number of amides is 2. The van der Waals surface area contributed by atoms with E-state index in [1.165, 1.54) is 11.8 Å². The van der Waals surface area contributed by atoms with E-state index in [0.29, 0.717) is 12.2 Å². The minimum absolute atomic E-state index is 0.0533. The Bertz CT molecular complexity index is 782. The fourth-order valence-electron chi connectivity index (χ4n) is 3.01. The number of imidazole rings is 1. The van der Waals surface area contributed by atoms with Gasteiger partial charge in [0.25, 0.3) is 0 Å². The van der Waals surface area contributed by atoms with Crippen molar-refractivity contribution < 1.29 is 9.59 Å². The van der Waals surface area contributed by atoms with Gasteiger partial charge in [0.2, 0.25) is 11.8 Å². The minimum atomic E-state index is -0.0533. The van der Waals surface area contributed by atoms with Crippen molar-refractivity contribution in [1.29, 1.82) is 0 Å². The number of carbonyl (C=O) groups is 2. The zero-order chi connectivity index (χ0) is 19.2. The number of nitrogens with one attached hydrogen (secondary N) is 1. The molecule has 7 nitrogen and oxygen atoms in total. The highest BCUT2D eigenvalue weighted by molar-refractivity contribution is 7.99.